The SMILES string of the molecule is C1=CCC(NCCSc2ccccc2)CC1. The van der Waals surface area contributed by atoms with Gasteiger partial charge in [0, 0.05) is 23.2 Å². The van der Waals surface area contributed by atoms with Crippen molar-refractivity contribution >= 4 is 11.8 Å². The van der Waals surface area contributed by atoms with E-state index >= 15 is 0 Å². The van der Waals surface area contributed by atoms with Gasteiger partial charge in [-0.15, -0.1) is 11.8 Å². The topological polar surface area (TPSA) is 12.0 Å². The minimum Gasteiger partial charge on any atom is -0.313 e. The van der Waals surface area contributed by atoms with Crippen LogP contribution in [0.2, 0.25) is 0 Å². The second kappa shape index (κ2) is 6.77. The minimum atomic E-state index is 0.710. The highest BCUT2D eigenvalue weighted by molar-refractivity contribution is 7.99. The summed E-state index contributed by atoms with van der Waals surface area (Å²) >= 11 is 1.93. The highest BCUT2D eigenvalue weighted by Crippen LogP contribution is 2.16. The third kappa shape index (κ3) is 4.03. The van der Waals surface area contributed by atoms with Gasteiger partial charge in [-0.1, -0.05) is 30.4 Å². The lowest BCUT2D eigenvalue weighted by Gasteiger charge is -2.19. The molecule has 0 spiro atoms. The van der Waals surface area contributed by atoms with Crippen LogP contribution in [0.4, 0.5) is 0 Å². The molecule has 0 aromatic heterocycles. The third-order valence-electron chi connectivity index (χ3n) is 2.82. The van der Waals surface area contributed by atoms with Gasteiger partial charge in [0.05, 0.1) is 0 Å². The fraction of sp³-hybridized carbons (Fsp3) is 0.429. The van der Waals surface area contributed by atoms with Crippen molar-refractivity contribution in [2.75, 3.05) is 12.3 Å². The second-order valence-electron chi connectivity index (χ2n) is 4.10. The number of nitrogens with one attached hydrogen (secondary N) is 1. The monoisotopic (exact) mass is 233 g/mol. The average molecular weight is 233 g/mol. The van der Waals surface area contributed by atoms with Gasteiger partial charge in [-0.3, -0.25) is 0 Å². The number of benzene rings is 1. The quantitative estimate of drug-likeness (QED) is 0.475. The molecule has 1 aliphatic carbocycles. The van der Waals surface area contributed by atoms with E-state index in [1.165, 1.54) is 24.2 Å². The molecule has 0 bridgehead atoms. The lowest BCUT2D eigenvalue weighted by atomic mass is 10.0. The summed E-state index contributed by atoms with van der Waals surface area (Å²) in [7, 11) is 0. The van der Waals surface area contributed by atoms with Gasteiger partial charge in [0.1, 0.15) is 0 Å². The summed E-state index contributed by atoms with van der Waals surface area (Å²) in [5.41, 5.74) is 0. The smallest absolute Gasteiger partial charge is 0.0106 e. The molecule has 0 heterocycles. The Balaban J connectivity index is 1.60. The molecule has 0 saturated heterocycles. The maximum absolute atomic E-state index is 3.62. The van der Waals surface area contributed by atoms with E-state index in [9.17, 15) is 0 Å². The molecule has 0 aliphatic heterocycles. The predicted molar refractivity (Wildman–Crippen MR) is 71.9 cm³/mol. The molecule has 0 fully saturated rings. The Kier molecular flexibility index (Phi) is 4.97. The van der Waals surface area contributed by atoms with Gasteiger partial charge < -0.3 is 5.32 Å². The minimum absolute atomic E-state index is 0.710. The average Bonchev–Trinajstić information content (AvgIpc) is 2.37. The van der Waals surface area contributed by atoms with Crippen LogP contribution < -0.4 is 5.32 Å². The van der Waals surface area contributed by atoms with Crippen molar-refractivity contribution in [3.8, 4) is 0 Å². The van der Waals surface area contributed by atoms with Crippen LogP contribution in [0.3, 0.4) is 0 Å². The largest absolute Gasteiger partial charge is 0.313 e. The normalized spacial score (nSPS) is 19.9. The second-order valence-corrected chi connectivity index (χ2v) is 5.27. The van der Waals surface area contributed by atoms with E-state index in [2.05, 4.69) is 47.8 Å². The van der Waals surface area contributed by atoms with E-state index in [4.69, 9.17) is 0 Å². The fourth-order valence-corrected chi connectivity index (χ4v) is 2.73. The van der Waals surface area contributed by atoms with Crippen LogP contribution in [0.5, 0.6) is 0 Å². The van der Waals surface area contributed by atoms with E-state index < -0.39 is 0 Å². The number of thioether (sulfide) groups is 1. The maximum Gasteiger partial charge on any atom is 0.0106 e. The van der Waals surface area contributed by atoms with Crippen molar-refractivity contribution in [2.45, 2.75) is 30.2 Å². The molecule has 1 N–H and O–H groups in total. The molecular formula is C14H19NS. The summed E-state index contributed by atoms with van der Waals surface area (Å²) in [6, 6.07) is 11.3. The van der Waals surface area contributed by atoms with Crippen LogP contribution in [0.25, 0.3) is 0 Å². The molecule has 0 saturated carbocycles. The van der Waals surface area contributed by atoms with Crippen LogP contribution in [0.1, 0.15) is 19.3 Å². The van der Waals surface area contributed by atoms with Gasteiger partial charge in [0.2, 0.25) is 0 Å². The van der Waals surface area contributed by atoms with Crippen molar-refractivity contribution < 1.29 is 0 Å². The summed E-state index contributed by atoms with van der Waals surface area (Å²) in [6.45, 7) is 1.11. The zero-order valence-electron chi connectivity index (χ0n) is 9.56. The molecule has 1 unspecified atom stereocenters. The molecule has 86 valence electrons. The molecule has 0 amide bonds. The first kappa shape index (κ1) is 11.7. The first-order valence-corrected chi connectivity index (χ1v) is 7.00. The van der Waals surface area contributed by atoms with Crippen LogP contribution in [0.15, 0.2) is 47.4 Å². The molecule has 0 radical (unpaired) electrons. The van der Waals surface area contributed by atoms with Crippen molar-refractivity contribution in [1.82, 2.24) is 5.32 Å². The lowest BCUT2D eigenvalue weighted by Crippen LogP contribution is -2.31. The predicted octanol–water partition coefficient (Wildman–Crippen LogP) is 3.48. The highest BCUT2D eigenvalue weighted by Gasteiger charge is 2.07. The highest BCUT2D eigenvalue weighted by atomic mass is 32.2. The van der Waals surface area contributed by atoms with Crippen LogP contribution in [-0.4, -0.2) is 18.3 Å². The molecule has 1 nitrogen and oxygen atoms in total. The standard InChI is InChI=1S/C14H19NS/c1-3-7-13(8-4-1)15-11-12-16-14-9-5-2-6-10-14/h1-3,5-6,9-10,13,15H,4,7-8,11-12H2. The third-order valence-corrected chi connectivity index (χ3v) is 3.83. The van der Waals surface area contributed by atoms with Crippen LogP contribution in [0, 0.1) is 0 Å². The van der Waals surface area contributed by atoms with Gasteiger partial charge in [-0.2, -0.15) is 0 Å². The summed E-state index contributed by atoms with van der Waals surface area (Å²) in [6.07, 6.45) is 8.33. The van der Waals surface area contributed by atoms with E-state index in [1.54, 1.807) is 0 Å². The zero-order chi connectivity index (χ0) is 11.1. The van der Waals surface area contributed by atoms with Crippen molar-refractivity contribution in [2.24, 2.45) is 0 Å². The first-order chi connectivity index (χ1) is 7.95. The number of allylic oxidation sites excluding steroid dienone is 1. The molecule has 2 rings (SSSR count). The summed E-state index contributed by atoms with van der Waals surface area (Å²) in [4.78, 5) is 1.37. The zero-order valence-corrected chi connectivity index (χ0v) is 10.4. The van der Waals surface area contributed by atoms with Crippen molar-refractivity contribution in [1.29, 1.82) is 0 Å². The fourth-order valence-electron chi connectivity index (χ4n) is 1.93. The molecular weight excluding hydrogens is 214 g/mol. The van der Waals surface area contributed by atoms with E-state index in [-0.39, 0.29) is 0 Å². The number of rotatable bonds is 5. The number of hydrogen-bond donors (Lipinski definition) is 1. The molecule has 1 aliphatic rings. The molecule has 1 aromatic rings. The molecule has 1 aromatic carbocycles. The van der Waals surface area contributed by atoms with E-state index in [0.717, 1.165) is 12.3 Å². The summed E-state index contributed by atoms with van der Waals surface area (Å²) < 4.78 is 0. The van der Waals surface area contributed by atoms with Gasteiger partial charge in [-0.25, -0.2) is 0 Å². The van der Waals surface area contributed by atoms with Crippen molar-refractivity contribution in [3.05, 3.63) is 42.5 Å². The Morgan fingerprint density at radius 2 is 2.06 bits per heavy atom. The van der Waals surface area contributed by atoms with Crippen LogP contribution in [-0.2, 0) is 0 Å². The van der Waals surface area contributed by atoms with Gasteiger partial charge in [0.15, 0.2) is 0 Å². The molecule has 1 atom stereocenters. The Hall–Kier alpha value is -0.730. The van der Waals surface area contributed by atoms with Gasteiger partial charge in [0.25, 0.3) is 0 Å². The van der Waals surface area contributed by atoms with Crippen LogP contribution >= 0.6 is 11.8 Å². The van der Waals surface area contributed by atoms with Gasteiger partial charge >= 0.3 is 0 Å². The Bertz CT molecular complexity index is 321. The Labute approximate surface area is 102 Å². The summed E-state index contributed by atoms with van der Waals surface area (Å²) in [5.74, 6) is 1.16. The Morgan fingerprint density at radius 1 is 1.19 bits per heavy atom. The lowest BCUT2D eigenvalue weighted by molar-refractivity contribution is 0.490. The molecule has 2 heteroatoms. The Morgan fingerprint density at radius 3 is 2.81 bits per heavy atom. The first-order valence-electron chi connectivity index (χ1n) is 6.01. The summed E-state index contributed by atoms with van der Waals surface area (Å²) in [5, 5.41) is 3.62. The van der Waals surface area contributed by atoms with E-state index in [0.29, 0.717) is 6.04 Å². The van der Waals surface area contributed by atoms with Gasteiger partial charge in [-0.05, 0) is 31.4 Å². The van der Waals surface area contributed by atoms with E-state index in [1.807, 2.05) is 11.8 Å². The maximum atomic E-state index is 3.62. The molecule has 16 heavy (non-hydrogen) atoms. The van der Waals surface area contributed by atoms with Crippen molar-refractivity contribution in [3.63, 3.8) is 0 Å². The number of hydrogen-bond acceptors (Lipinski definition) is 2.